The van der Waals surface area contributed by atoms with E-state index < -0.39 is 136 Å². The van der Waals surface area contributed by atoms with E-state index in [4.69, 9.17) is 0 Å². The first kappa shape index (κ1) is 58.6. The van der Waals surface area contributed by atoms with Crippen LogP contribution in [0.25, 0.3) is 0 Å². The molecule has 6 nitrogen and oxygen atoms in total. The summed E-state index contributed by atoms with van der Waals surface area (Å²) < 4.78 is 358. The molecule has 0 spiro atoms. The van der Waals surface area contributed by atoms with Gasteiger partial charge in [-0.25, -0.2) is 0 Å². The minimum atomic E-state index is -8.28. The summed E-state index contributed by atoms with van der Waals surface area (Å²) in [4.78, 5) is 11.2. The van der Waals surface area contributed by atoms with Gasteiger partial charge in [0.05, 0.1) is 24.2 Å². The van der Waals surface area contributed by atoms with Gasteiger partial charge in [0, 0.05) is 40.9 Å². The fraction of sp³-hybridized carbons (Fsp3) is 0.447. The lowest BCUT2D eigenvalue weighted by molar-refractivity contribution is -0.441. The monoisotopic (exact) mass is 1070 g/mol. The molecular formula is C38H25F26N3O3. The van der Waals surface area contributed by atoms with E-state index in [1.165, 1.54) is 19.1 Å². The molecule has 70 heavy (non-hydrogen) atoms. The van der Waals surface area contributed by atoms with Crippen LogP contribution in [0.4, 0.5) is 114 Å². The van der Waals surface area contributed by atoms with Crippen LogP contribution in [0.15, 0.2) is 69.6 Å². The summed E-state index contributed by atoms with van der Waals surface area (Å²) in [6.45, 7) is 0.420. The zero-order valence-corrected chi connectivity index (χ0v) is 33.9. The molecule has 0 heterocycles. The van der Waals surface area contributed by atoms with Crippen molar-refractivity contribution in [1.82, 2.24) is 0 Å². The molecule has 3 aromatic rings. The van der Waals surface area contributed by atoms with Gasteiger partial charge in [0.1, 0.15) is 17.2 Å². The molecule has 0 bridgehead atoms. The molecule has 0 aliphatic carbocycles. The number of hydrogen-bond donors (Lipinski definition) is 3. The van der Waals surface area contributed by atoms with Crippen molar-refractivity contribution in [3.05, 3.63) is 88.0 Å². The first-order valence-electron chi connectivity index (χ1n) is 18.0. The highest BCUT2D eigenvalue weighted by Crippen LogP contribution is 2.64. The first-order chi connectivity index (χ1) is 31.1. The third kappa shape index (κ3) is 9.57. The standard InChI is InChI=1S/C38H25F26N3O3/c1-17-6-8-23(68)19(10-17)14-67-26(2,15-65-12-18-4-3-5-22(25(18)70)28(41,42)30(45,46)32(49,50)34(53,54)36(57,58)38(62,63)64)16-66-13-20-11-21(7-9-24(20)69)27(39,40)29(43,44)31(47,48)33(51,52)35(55,56)37(59,60)61/h3-14,68-70H,15-16H2,1-2H3/t26-/m0/s1. The van der Waals surface area contributed by atoms with E-state index in [1.807, 2.05) is 0 Å². The molecule has 1 atom stereocenters. The predicted octanol–water partition coefficient (Wildman–Crippen LogP) is 12.9. The summed E-state index contributed by atoms with van der Waals surface area (Å²) in [5.74, 6) is -82.6. The maximum atomic E-state index is 15.0. The van der Waals surface area contributed by atoms with Crippen molar-refractivity contribution in [1.29, 1.82) is 0 Å². The van der Waals surface area contributed by atoms with Crippen molar-refractivity contribution < 1.29 is 129 Å². The molecule has 3 rings (SSSR count). The number of benzene rings is 3. The SMILES string of the molecule is Cc1ccc(O)c(C=N[C@](C)(CN=Cc2cc(C(F)(F)C(F)(F)C(F)(F)C(F)(F)C(F)(F)C(F)(F)F)ccc2O)CN=Cc2cccc(C(F)(F)C(F)(F)C(F)(F)C(F)(F)C(F)(F)C(F)(F)F)c2O)c1. The second kappa shape index (κ2) is 18.1. The minimum absolute atomic E-state index is 0.0338. The fourth-order valence-corrected chi connectivity index (χ4v) is 5.48. The number of phenols is 3. The van der Waals surface area contributed by atoms with E-state index in [9.17, 15) is 129 Å². The first-order valence-corrected chi connectivity index (χ1v) is 18.0. The van der Waals surface area contributed by atoms with Gasteiger partial charge >= 0.3 is 71.6 Å². The second-order valence-electron chi connectivity index (χ2n) is 15.0. The Morgan fingerprint density at radius 1 is 0.429 bits per heavy atom. The number of rotatable bonds is 18. The van der Waals surface area contributed by atoms with Gasteiger partial charge < -0.3 is 15.3 Å². The lowest BCUT2D eigenvalue weighted by atomic mass is 9.89. The Morgan fingerprint density at radius 2 is 0.814 bits per heavy atom. The van der Waals surface area contributed by atoms with Gasteiger partial charge in [-0.3, -0.25) is 15.0 Å². The third-order valence-electron chi connectivity index (χ3n) is 9.69. The smallest absolute Gasteiger partial charge is 0.460 e. The van der Waals surface area contributed by atoms with Gasteiger partial charge in [0.25, 0.3) is 0 Å². The molecule has 0 radical (unpaired) electrons. The van der Waals surface area contributed by atoms with Crippen LogP contribution in [0.2, 0.25) is 0 Å². The minimum Gasteiger partial charge on any atom is -0.507 e. The van der Waals surface area contributed by atoms with E-state index >= 15 is 0 Å². The number of phenolic OH excluding ortho intramolecular Hbond substituents is 3. The highest BCUT2D eigenvalue weighted by molar-refractivity contribution is 5.86. The molecule has 392 valence electrons. The van der Waals surface area contributed by atoms with Gasteiger partial charge in [0.15, 0.2) is 0 Å². The highest BCUT2D eigenvalue weighted by atomic mass is 19.4. The Balaban J connectivity index is 2.10. The summed E-state index contributed by atoms with van der Waals surface area (Å²) in [6, 6.07) is 3.12. The highest BCUT2D eigenvalue weighted by Gasteiger charge is 2.92. The molecule has 32 heteroatoms. The molecule has 0 fully saturated rings. The Hall–Kier alpha value is -5.75. The van der Waals surface area contributed by atoms with Crippen LogP contribution in [-0.4, -0.2) is 112 Å². The van der Waals surface area contributed by atoms with E-state index in [0.717, 1.165) is 19.2 Å². The Labute approximate surface area is 372 Å². The maximum absolute atomic E-state index is 15.0. The quantitative estimate of drug-likeness (QED) is 0.0874. The normalized spacial score (nSPS) is 15.9. The van der Waals surface area contributed by atoms with Crippen LogP contribution in [0, 0.1) is 6.92 Å². The third-order valence-corrected chi connectivity index (χ3v) is 9.69. The van der Waals surface area contributed by atoms with Crippen molar-refractivity contribution in [3.8, 4) is 17.2 Å². The summed E-state index contributed by atoms with van der Waals surface area (Å²) in [6.07, 6.45) is -14.2. The van der Waals surface area contributed by atoms with Gasteiger partial charge in [-0.1, -0.05) is 17.7 Å². The number of alkyl halides is 26. The summed E-state index contributed by atoms with van der Waals surface area (Å²) in [5.41, 5.74) is -9.67. The zero-order chi connectivity index (χ0) is 54.7. The van der Waals surface area contributed by atoms with Crippen LogP contribution in [-0.2, 0) is 11.8 Å². The van der Waals surface area contributed by atoms with Crippen molar-refractivity contribution in [2.75, 3.05) is 13.1 Å². The number of halogens is 26. The second-order valence-corrected chi connectivity index (χ2v) is 15.0. The van der Waals surface area contributed by atoms with E-state index in [-0.39, 0.29) is 42.3 Å². The molecule has 0 saturated carbocycles. The Morgan fingerprint density at radius 3 is 1.26 bits per heavy atom. The zero-order valence-electron chi connectivity index (χ0n) is 33.9. The van der Waals surface area contributed by atoms with E-state index in [0.29, 0.717) is 11.6 Å². The van der Waals surface area contributed by atoms with Crippen LogP contribution in [0.1, 0.15) is 40.3 Å². The van der Waals surface area contributed by atoms with Crippen LogP contribution in [0.3, 0.4) is 0 Å². The molecule has 3 aromatic carbocycles. The summed E-state index contributed by atoms with van der Waals surface area (Å²) in [5, 5.41) is 30.6. The number of hydrogen-bond acceptors (Lipinski definition) is 6. The molecule has 0 unspecified atom stereocenters. The van der Waals surface area contributed by atoms with E-state index in [1.54, 1.807) is 0 Å². The molecule has 0 aliphatic rings. The van der Waals surface area contributed by atoms with Crippen LogP contribution in [0.5, 0.6) is 17.2 Å². The molecule has 0 aromatic heterocycles. The fourth-order valence-electron chi connectivity index (χ4n) is 5.48. The average Bonchev–Trinajstić information content (AvgIpc) is 3.21. The topological polar surface area (TPSA) is 97.8 Å². The summed E-state index contributed by atoms with van der Waals surface area (Å²) >= 11 is 0. The van der Waals surface area contributed by atoms with Crippen molar-refractivity contribution in [2.24, 2.45) is 15.0 Å². The van der Waals surface area contributed by atoms with Crippen molar-refractivity contribution in [2.45, 2.75) is 91.0 Å². The molecular weight excluding hydrogens is 1040 g/mol. The van der Waals surface area contributed by atoms with Gasteiger partial charge in [0.2, 0.25) is 0 Å². The summed E-state index contributed by atoms with van der Waals surface area (Å²) in [7, 11) is 0. The Kier molecular flexibility index (Phi) is 15.2. The molecule has 0 amide bonds. The Bertz CT molecular complexity index is 2460. The van der Waals surface area contributed by atoms with Gasteiger partial charge in [-0.15, -0.1) is 0 Å². The molecule has 0 aliphatic heterocycles. The predicted molar refractivity (Wildman–Crippen MR) is 189 cm³/mol. The lowest BCUT2D eigenvalue weighted by Crippen LogP contribution is -2.69. The van der Waals surface area contributed by atoms with Crippen LogP contribution < -0.4 is 0 Å². The maximum Gasteiger partial charge on any atom is 0.460 e. The van der Waals surface area contributed by atoms with Crippen LogP contribution >= 0.6 is 0 Å². The molecule has 0 saturated heterocycles. The largest absolute Gasteiger partial charge is 0.507 e. The van der Waals surface area contributed by atoms with Gasteiger partial charge in [-0.05, 0) is 56.3 Å². The number of aliphatic imine (C=N–C) groups is 3. The van der Waals surface area contributed by atoms with Crippen molar-refractivity contribution in [3.63, 3.8) is 0 Å². The lowest BCUT2D eigenvalue weighted by Gasteiger charge is -2.39. The van der Waals surface area contributed by atoms with Gasteiger partial charge in [-0.2, -0.15) is 114 Å². The average molecular weight is 1070 g/mol. The van der Waals surface area contributed by atoms with E-state index in [2.05, 4.69) is 15.0 Å². The number of nitrogens with zero attached hydrogens (tertiary/aromatic N) is 3. The number of aromatic hydroxyl groups is 3. The molecule has 3 N–H and O–H groups in total. The van der Waals surface area contributed by atoms with Crippen molar-refractivity contribution >= 4 is 18.6 Å². The number of para-hydroxylation sites is 1. The number of aryl methyl sites for hydroxylation is 1.